The molecular formula is C13H9ClF3N3O. The van der Waals surface area contributed by atoms with Crippen molar-refractivity contribution < 1.29 is 18.0 Å². The minimum Gasteiger partial charge on any atom is -0.365 e. The number of pyridine rings is 1. The normalized spacial score (nSPS) is 10.7. The van der Waals surface area contributed by atoms with E-state index in [1.54, 1.807) is 0 Å². The van der Waals surface area contributed by atoms with Crippen LogP contribution in [0.4, 0.5) is 13.2 Å². The van der Waals surface area contributed by atoms with Crippen molar-refractivity contribution in [2.24, 2.45) is 5.73 Å². The molecule has 0 saturated carbocycles. The molecular weight excluding hydrogens is 307 g/mol. The van der Waals surface area contributed by atoms with Gasteiger partial charge in [0.15, 0.2) is 11.6 Å². The number of rotatable bonds is 3. The van der Waals surface area contributed by atoms with Gasteiger partial charge in [0.25, 0.3) is 5.91 Å². The molecule has 0 aliphatic carbocycles. The summed E-state index contributed by atoms with van der Waals surface area (Å²) >= 11 is 5.77. The zero-order valence-electron chi connectivity index (χ0n) is 10.5. The third-order valence-electron chi connectivity index (χ3n) is 2.84. The van der Waals surface area contributed by atoms with Crippen molar-refractivity contribution in [1.29, 1.82) is 5.41 Å². The Morgan fingerprint density at radius 2 is 1.90 bits per heavy atom. The summed E-state index contributed by atoms with van der Waals surface area (Å²) in [6.45, 7) is -0.505. The van der Waals surface area contributed by atoms with Gasteiger partial charge in [0.2, 0.25) is 0 Å². The van der Waals surface area contributed by atoms with Crippen molar-refractivity contribution in [2.75, 3.05) is 0 Å². The molecule has 0 bridgehead atoms. The number of halogens is 4. The average molecular weight is 316 g/mol. The van der Waals surface area contributed by atoms with Gasteiger partial charge in [-0.1, -0.05) is 11.6 Å². The van der Waals surface area contributed by atoms with Crippen LogP contribution in [0.5, 0.6) is 0 Å². The van der Waals surface area contributed by atoms with E-state index in [4.69, 9.17) is 22.7 Å². The molecule has 0 aliphatic heterocycles. The number of benzene rings is 1. The van der Waals surface area contributed by atoms with Gasteiger partial charge in [-0.05, 0) is 18.2 Å². The SMILES string of the molecule is N=c1c(C(N)=O)cc(Cl)cn1Cc1c(F)ccc(F)c1F. The fourth-order valence-electron chi connectivity index (χ4n) is 1.81. The molecule has 4 nitrogen and oxygen atoms in total. The van der Waals surface area contributed by atoms with Crippen LogP contribution >= 0.6 is 11.6 Å². The molecule has 0 spiro atoms. The lowest BCUT2D eigenvalue weighted by Gasteiger charge is -2.11. The van der Waals surface area contributed by atoms with Crippen LogP contribution in [0.3, 0.4) is 0 Å². The summed E-state index contributed by atoms with van der Waals surface area (Å²) in [5, 5.41) is 7.84. The minimum absolute atomic E-state index is 0.0528. The number of nitrogens with zero attached hydrogens (tertiary/aromatic N) is 1. The highest BCUT2D eigenvalue weighted by atomic mass is 35.5. The Labute approximate surface area is 122 Å². The third-order valence-corrected chi connectivity index (χ3v) is 3.04. The number of hydrogen-bond donors (Lipinski definition) is 2. The van der Waals surface area contributed by atoms with Crippen molar-refractivity contribution in [3.05, 3.63) is 63.5 Å². The first kappa shape index (κ1) is 15.1. The van der Waals surface area contributed by atoms with E-state index in [0.717, 1.165) is 10.6 Å². The topological polar surface area (TPSA) is 71.9 Å². The molecule has 21 heavy (non-hydrogen) atoms. The number of carbonyl (C=O) groups is 1. The molecule has 0 radical (unpaired) electrons. The Balaban J connectivity index is 2.58. The van der Waals surface area contributed by atoms with E-state index in [1.165, 1.54) is 12.3 Å². The van der Waals surface area contributed by atoms with Crippen molar-refractivity contribution in [3.63, 3.8) is 0 Å². The molecule has 8 heteroatoms. The standard InChI is InChI=1S/C13H9ClF3N3O/c14-6-3-7(13(19)21)12(18)20(4-6)5-8-9(15)1-2-10(16)11(8)17/h1-4,18H,5H2,(H2,19,21). The van der Waals surface area contributed by atoms with Crippen LogP contribution in [-0.4, -0.2) is 10.5 Å². The number of aromatic nitrogens is 1. The largest absolute Gasteiger partial charge is 0.365 e. The molecule has 1 aromatic heterocycles. The van der Waals surface area contributed by atoms with E-state index in [0.29, 0.717) is 6.07 Å². The van der Waals surface area contributed by atoms with E-state index >= 15 is 0 Å². The molecule has 1 aromatic carbocycles. The summed E-state index contributed by atoms with van der Waals surface area (Å²) in [4.78, 5) is 11.2. The summed E-state index contributed by atoms with van der Waals surface area (Å²) in [5.41, 5.74) is 3.92. The monoisotopic (exact) mass is 315 g/mol. The van der Waals surface area contributed by atoms with Crippen molar-refractivity contribution in [3.8, 4) is 0 Å². The summed E-state index contributed by atoms with van der Waals surface area (Å²) in [5.74, 6) is -4.45. The molecule has 0 aliphatic rings. The second-order valence-electron chi connectivity index (χ2n) is 4.23. The van der Waals surface area contributed by atoms with Crippen LogP contribution in [0.2, 0.25) is 5.02 Å². The van der Waals surface area contributed by atoms with Crippen LogP contribution in [0.15, 0.2) is 24.4 Å². The van der Waals surface area contributed by atoms with Gasteiger partial charge in [-0.25, -0.2) is 13.2 Å². The number of hydrogen-bond acceptors (Lipinski definition) is 2. The van der Waals surface area contributed by atoms with Crippen molar-refractivity contribution >= 4 is 17.5 Å². The molecule has 110 valence electrons. The van der Waals surface area contributed by atoms with Crippen LogP contribution in [-0.2, 0) is 6.54 Å². The Hall–Kier alpha value is -2.28. The smallest absolute Gasteiger partial charge is 0.252 e. The van der Waals surface area contributed by atoms with E-state index in [9.17, 15) is 18.0 Å². The summed E-state index contributed by atoms with van der Waals surface area (Å²) < 4.78 is 41.4. The predicted octanol–water partition coefficient (Wildman–Crippen LogP) is 2.19. The van der Waals surface area contributed by atoms with Crippen LogP contribution in [0.25, 0.3) is 0 Å². The van der Waals surface area contributed by atoms with Crippen LogP contribution in [0, 0.1) is 22.9 Å². The van der Waals surface area contributed by atoms with Gasteiger partial charge in [0.05, 0.1) is 17.1 Å². The number of amides is 1. The Bertz CT molecular complexity index is 789. The number of nitrogens with one attached hydrogen (secondary N) is 1. The van der Waals surface area contributed by atoms with Gasteiger partial charge in [-0.2, -0.15) is 0 Å². The first-order valence-electron chi connectivity index (χ1n) is 5.68. The highest BCUT2D eigenvalue weighted by molar-refractivity contribution is 6.30. The lowest BCUT2D eigenvalue weighted by atomic mass is 10.1. The fraction of sp³-hybridized carbons (Fsp3) is 0.0769. The van der Waals surface area contributed by atoms with E-state index < -0.39 is 35.5 Å². The molecule has 0 saturated heterocycles. The second-order valence-corrected chi connectivity index (χ2v) is 4.67. The summed E-state index contributed by atoms with van der Waals surface area (Å²) in [7, 11) is 0. The maximum Gasteiger partial charge on any atom is 0.252 e. The summed E-state index contributed by atoms with van der Waals surface area (Å²) in [6, 6.07) is 2.60. The average Bonchev–Trinajstić information content (AvgIpc) is 2.42. The second kappa shape index (κ2) is 5.61. The lowest BCUT2D eigenvalue weighted by molar-refractivity contribution is 0.0998. The molecule has 0 fully saturated rings. The zero-order chi connectivity index (χ0) is 15.7. The van der Waals surface area contributed by atoms with E-state index in [1.807, 2.05) is 0 Å². The van der Waals surface area contributed by atoms with E-state index in [2.05, 4.69) is 0 Å². The molecule has 1 heterocycles. The highest BCUT2D eigenvalue weighted by Crippen LogP contribution is 2.17. The minimum atomic E-state index is -1.36. The fourth-order valence-corrected chi connectivity index (χ4v) is 2.04. The Morgan fingerprint density at radius 1 is 1.29 bits per heavy atom. The number of carbonyl (C=O) groups excluding carboxylic acids is 1. The number of primary amides is 1. The third kappa shape index (κ3) is 2.92. The maximum atomic E-state index is 13.6. The molecule has 3 N–H and O–H groups in total. The highest BCUT2D eigenvalue weighted by Gasteiger charge is 2.16. The first-order valence-corrected chi connectivity index (χ1v) is 6.05. The van der Waals surface area contributed by atoms with Gasteiger partial charge in [0, 0.05) is 11.8 Å². The quantitative estimate of drug-likeness (QED) is 0.837. The predicted molar refractivity (Wildman–Crippen MR) is 69.2 cm³/mol. The van der Waals surface area contributed by atoms with Crippen LogP contribution in [0.1, 0.15) is 15.9 Å². The first-order chi connectivity index (χ1) is 9.81. The maximum absolute atomic E-state index is 13.6. The van der Waals surface area contributed by atoms with E-state index in [-0.39, 0.29) is 16.1 Å². The lowest BCUT2D eigenvalue weighted by Crippen LogP contribution is -2.30. The summed E-state index contributed by atoms with van der Waals surface area (Å²) in [6.07, 6.45) is 1.19. The Kier molecular flexibility index (Phi) is 4.04. The molecule has 2 rings (SSSR count). The van der Waals surface area contributed by atoms with Crippen molar-refractivity contribution in [2.45, 2.75) is 6.54 Å². The van der Waals surface area contributed by atoms with Gasteiger partial charge >= 0.3 is 0 Å². The van der Waals surface area contributed by atoms with Gasteiger partial charge in [-0.15, -0.1) is 0 Å². The zero-order valence-corrected chi connectivity index (χ0v) is 11.2. The van der Waals surface area contributed by atoms with Crippen molar-refractivity contribution in [1.82, 2.24) is 4.57 Å². The van der Waals surface area contributed by atoms with Gasteiger partial charge < -0.3 is 10.3 Å². The number of nitrogens with two attached hydrogens (primary N) is 1. The van der Waals surface area contributed by atoms with Gasteiger partial charge in [-0.3, -0.25) is 10.2 Å². The molecule has 0 atom stereocenters. The Morgan fingerprint density at radius 3 is 2.52 bits per heavy atom. The van der Waals surface area contributed by atoms with Crippen LogP contribution < -0.4 is 11.2 Å². The molecule has 1 amide bonds. The molecule has 0 unspecified atom stereocenters. The van der Waals surface area contributed by atoms with Gasteiger partial charge in [0.1, 0.15) is 11.3 Å². The molecule has 2 aromatic rings.